The van der Waals surface area contributed by atoms with Crippen LogP contribution in [0.4, 0.5) is 0 Å². The minimum absolute atomic E-state index is 0.124. The minimum atomic E-state index is -1.48. The van der Waals surface area contributed by atoms with Gasteiger partial charge in [-0.2, -0.15) is 0 Å². The molecule has 0 fully saturated rings. The quantitative estimate of drug-likeness (QED) is 0.612. The van der Waals surface area contributed by atoms with Crippen LogP contribution in [0.3, 0.4) is 0 Å². The summed E-state index contributed by atoms with van der Waals surface area (Å²) in [7, 11) is 0. The van der Waals surface area contributed by atoms with Crippen molar-refractivity contribution in [2.75, 3.05) is 6.61 Å². The fourth-order valence-corrected chi connectivity index (χ4v) is 1.99. The van der Waals surface area contributed by atoms with Crippen LogP contribution in [0.15, 0.2) is 30.3 Å². The van der Waals surface area contributed by atoms with Gasteiger partial charge in [-0.3, -0.25) is 9.59 Å². The van der Waals surface area contributed by atoms with Crippen molar-refractivity contribution in [2.24, 2.45) is 5.92 Å². The molecule has 0 saturated heterocycles. The molecule has 0 aliphatic carbocycles. The van der Waals surface area contributed by atoms with E-state index in [1.807, 2.05) is 0 Å². The number of aliphatic hydroxyl groups is 1. The van der Waals surface area contributed by atoms with Crippen LogP contribution in [0.25, 0.3) is 0 Å². The number of carbonyl (C=O) groups is 3. The SMILES string of the molecule is CCOC(=O)[C@H](C)C[C@H](NC(=O)[C@@H](O)c1ccccc1)C(=O)O. The largest absolute Gasteiger partial charge is 0.480 e. The summed E-state index contributed by atoms with van der Waals surface area (Å²) in [6, 6.07) is 6.87. The zero-order chi connectivity index (χ0) is 17.4. The Bertz CT molecular complexity index is 545. The first-order valence-corrected chi connectivity index (χ1v) is 7.29. The number of amides is 1. The van der Waals surface area contributed by atoms with Crippen molar-refractivity contribution >= 4 is 17.8 Å². The molecule has 3 atom stereocenters. The van der Waals surface area contributed by atoms with Gasteiger partial charge in [0.15, 0.2) is 6.10 Å². The van der Waals surface area contributed by atoms with E-state index in [4.69, 9.17) is 4.74 Å². The topological polar surface area (TPSA) is 113 Å². The Morgan fingerprint density at radius 2 is 1.83 bits per heavy atom. The fourth-order valence-electron chi connectivity index (χ4n) is 1.99. The van der Waals surface area contributed by atoms with Gasteiger partial charge in [-0.05, 0) is 18.9 Å². The van der Waals surface area contributed by atoms with Crippen molar-refractivity contribution in [3.05, 3.63) is 35.9 Å². The summed E-state index contributed by atoms with van der Waals surface area (Å²) in [6.45, 7) is 3.37. The maximum atomic E-state index is 12.0. The maximum Gasteiger partial charge on any atom is 0.326 e. The first-order chi connectivity index (χ1) is 10.9. The molecule has 0 aromatic heterocycles. The highest BCUT2D eigenvalue weighted by Crippen LogP contribution is 2.14. The number of carbonyl (C=O) groups excluding carboxylic acids is 2. The third-order valence-corrected chi connectivity index (χ3v) is 3.26. The summed E-state index contributed by atoms with van der Waals surface area (Å²) in [5, 5.41) is 21.4. The van der Waals surface area contributed by atoms with Gasteiger partial charge in [0.1, 0.15) is 6.04 Å². The molecule has 1 rings (SSSR count). The highest BCUT2D eigenvalue weighted by atomic mass is 16.5. The first kappa shape index (κ1) is 18.6. The zero-order valence-electron chi connectivity index (χ0n) is 13.1. The average molecular weight is 323 g/mol. The number of aliphatic carboxylic acids is 1. The second-order valence-corrected chi connectivity index (χ2v) is 5.10. The summed E-state index contributed by atoms with van der Waals surface area (Å²) in [4.78, 5) is 34.8. The Kier molecular flexibility index (Phi) is 7.21. The number of nitrogens with one attached hydrogen (secondary N) is 1. The lowest BCUT2D eigenvalue weighted by molar-refractivity contribution is -0.149. The molecule has 1 amide bonds. The van der Waals surface area contributed by atoms with E-state index in [1.54, 1.807) is 37.3 Å². The zero-order valence-corrected chi connectivity index (χ0v) is 13.1. The molecule has 126 valence electrons. The van der Waals surface area contributed by atoms with Gasteiger partial charge >= 0.3 is 11.9 Å². The van der Waals surface area contributed by atoms with Gasteiger partial charge < -0.3 is 20.3 Å². The van der Waals surface area contributed by atoms with Crippen molar-refractivity contribution < 1.29 is 29.3 Å². The Morgan fingerprint density at radius 3 is 2.35 bits per heavy atom. The summed E-state index contributed by atoms with van der Waals surface area (Å²) in [5.41, 5.74) is 0.354. The third-order valence-electron chi connectivity index (χ3n) is 3.26. The van der Waals surface area contributed by atoms with Gasteiger partial charge in [-0.25, -0.2) is 4.79 Å². The van der Waals surface area contributed by atoms with Crippen LogP contribution in [0.2, 0.25) is 0 Å². The molecule has 0 unspecified atom stereocenters. The molecule has 0 aliphatic heterocycles. The smallest absolute Gasteiger partial charge is 0.326 e. The van der Waals surface area contributed by atoms with Crippen molar-refractivity contribution in [3.8, 4) is 0 Å². The van der Waals surface area contributed by atoms with Crippen LogP contribution in [-0.2, 0) is 19.1 Å². The molecule has 0 radical (unpaired) electrons. The monoisotopic (exact) mass is 323 g/mol. The molecule has 0 spiro atoms. The molecule has 0 aliphatic rings. The molecule has 23 heavy (non-hydrogen) atoms. The molecule has 0 bridgehead atoms. The van der Waals surface area contributed by atoms with E-state index in [0.717, 1.165) is 0 Å². The third kappa shape index (κ3) is 5.71. The van der Waals surface area contributed by atoms with Gasteiger partial charge in [0, 0.05) is 0 Å². The van der Waals surface area contributed by atoms with E-state index in [0.29, 0.717) is 5.56 Å². The summed E-state index contributed by atoms with van der Waals surface area (Å²) in [5.74, 6) is -3.34. The second kappa shape index (κ2) is 8.89. The lowest BCUT2D eigenvalue weighted by atomic mass is 10.0. The van der Waals surface area contributed by atoms with Crippen molar-refractivity contribution in [2.45, 2.75) is 32.4 Å². The molecule has 1 aromatic rings. The van der Waals surface area contributed by atoms with Crippen LogP contribution in [0.5, 0.6) is 0 Å². The van der Waals surface area contributed by atoms with Gasteiger partial charge in [0.2, 0.25) is 0 Å². The highest BCUT2D eigenvalue weighted by molar-refractivity contribution is 5.87. The van der Waals surface area contributed by atoms with Crippen LogP contribution >= 0.6 is 0 Å². The van der Waals surface area contributed by atoms with Crippen molar-refractivity contribution in [1.29, 1.82) is 0 Å². The van der Waals surface area contributed by atoms with Crippen LogP contribution in [-0.4, -0.2) is 40.7 Å². The lowest BCUT2D eigenvalue weighted by Gasteiger charge is -2.20. The van der Waals surface area contributed by atoms with Crippen LogP contribution in [0.1, 0.15) is 31.9 Å². The molecule has 7 heteroatoms. The van der Waals surface area contributed by atoms with E-state index in [1.165, 1.54) is 6.92 Å². The summed E-state index contributed by atoms with van der Waals surface area (Å²) >= 11 is 0. The fraction of sp³-hybridized carbons (Fsp3) is 0.438. The van der Waals surface area contributed by atoms with Gasteiger partial charge in [-0.1, -0.05) is 37.3 Å². The number of carboxylic acids is 1. The Balaban J connectivity index is 2.70. The number of esters is 1. The first-order valence-electron chi connectivity index (χ1n) is 7.29. The number of rotatable bonds is 8. The molecule has 0 heterocycles. The minimum Gasteiger partial charge on any atom is -0.480 e. The molecule has 7 nitrogen and oxygen atoms in total. The average Bonchev–Trinajstić information content (AvgIpc) is 2.54. The number of aliphatic hydroxyl groups excluding tert-OH is 1. The van der Waals surface area contributed by atoms with Crippen molar-refractivity contribution in [3.63, 3.8) is 0 Å². The maximum absolute atomic E-state index is 12.0. The predicted molar refractivity (Wildman–Crippen MR) is 81.4 cm³/mol. The Morgan fingerprint density at radius 1 is 1.22 bits per heavy atom. The predicted octanol–water partition coefficient (Wildman–Crippen LogP) is 0.879. The van der Waals surface area contributed by atoms with Gasteiger partial charge in [0.25, 0.3) is 5.91 Å². The molecular weight excluding hydrogens is 302 g/mol. The van der Waals surface area contributed by atoms with Gasteiger partial charge in [-0.15, -0.1) is 0 Å². The van der Waals surface area contributed by atoms with E-state index >= 15 is 0 Å². The number of benzene rings is 1. The number of hydrogen-bond acceptors (Lipinski definition) is 5. The molecular formula is C16H21NO6. The normalized spacial score (nSPS) is 14.4. The Hall–Kier alpha value is -2.41. The van der Waals surface area contributed by atoms with Crippen LogP contribution in [0, 0.1) is 5.92 Å². The van der Waals surface area contributed by atoms with E-state index < -0.39 is 35.9 Å². The molecule has 3 N–H and O–H groups in total. The van der Waals surface area contributed by atoms with Crippen LogP contribution < -0.4 is 5.32 Å². The standard InChI is InChI=1S/C16H21NO6/c1-3-23-16(22)10(2)9-12(15(20)21)17-14(19)13(18)11-7-5-4-6-8-11/h4-8,10,12-13,18H,3,9H2,1-2H3,(H,17,19)(H,20,21)/t10-,12+,13+/m1/s1. The second-order valence-electron chi connectivity index (χ2n) is 5.10. The van der Waals surface area contributed by atoms with E-state index in [-0.39, 0.29) is 13.0 Å². The van der Waals surface area contributed by atoms with E-state index in [2.05, 4.69) is 5.32 Å². The van der Waals surface area contributed by atoms with Crippen molar-refractivity contribution in [1.82, 2.24) is 5.32 Å². The Labute approximate surface area is 134 Å². The lowest BCUT2D eigenvalue weighted by Crippen LogP contribution is -2.44. The summed E-state index contributed by atoms with van der Waals surface area (Å²) < 4.78 is 4.81. The van der Waals surface area contributed by atoms with Gasteiger partial charge in [0.05, 0.1) is 12.5 Å². The number of ether oxygens (including phenoxy) is 1. The molecule has 1 aromatic carbocycles. The van der Waals surface area contributed by atoms with E-state index in [9.17, 15) is 24.6 Å². The highest BCUT2D eigenvalue weighted by Gasteiger charge is 2.28. The molecule has 0 saturated carbocycles. The summed E-state index contributed by atoms with van der Waals surface area (Å²) in [6.07, 6.45) is -1.60. The number of hydrogen-bond donors (Lipinski definition) is 3. The number of carboxylic acid groups (broad SMARTS) is 1.